The average Bonchev–Trinajstić information content (AvgIpc) is 3.66. The number of halogens is 6. The Balaban J connectivity index is 0.000000360. The molecule has 0 saturated carbocycles. The number of aromatic nitrogens is 2. The number of nitrogens with zero attached hydrogens (tertiary/aromatic N) is 6. The topological polar surface area (TPSA) is 152 Å². The van der Waals surface area contributed by atoms with Crippen molar-refractivity contribution < 1.29 is 50.8 Å². The van der Waals surface area contributed by atoms with Gasteiger partial charge in [0, 0.05) is 37.8 Å². The first-order chi connectivity index (χ1) is 22.1. The zero-order chi connectivity index (χ0) is 34.8. The SMILES string of the molecule is N#Cc1cc(CN2CCC(n3on3CCN3CSCC3C#N)CC2)ccc1-c1ccccc1.O=C(O)C(F)(F)F.O=C(O)C(F)(F)F. The van der Waals surface area contributed by atoms with Gasteiger partial charge in [-0.1, -0.05) is 52.2 Å². The summed E-state index contributed by atoms with van der Waals surface area (Å²) >= 11 is 1.83. The second-order valence-corrected chi connectivity index (χ2v) is 11.4. The fourth-order valence-corrected chi connectivity index (χ4v) is 5.86. The molecule has 0 aliphatic carbocycles. The Hall–Kier alpha value is -4.39. The predicted octanol–water partition coefficient (Wildman–Crippen LogP) is 5.42. The van der Waals surface area contributed by atoms with Gasteiger partial charge in [0.1, 0.15) is 6.04 Å². The van der Waals surface area contributed by atoms with Gasteiger partial charge in [0.25, 0.3) is 0 Å². The molecule has 1 aromatic heterocycles. The minimum absolute atomic E-state index is 0.0370. The maximum atomic E-state index is 10.6. The second kappa shape index (κ2) is 16.4. The van der Waals surface area contributed by atoms with Gasteiger partial charge in [0.05, 0.1) is 30.3 Å². The molecule has 0 spiro atoms. The van der Waals surface area contributed by atoms with Crippen molar-refractivity contribution in [2.45, 2.75) is 50.4 Å². The molecule has 2 aliphatic rings. The smallest absolute Gasteiger partial charge is 0.475 e. The molecule has 2 N–H and O–H groups in total. The van der Waals surface area contributed by atoms with Crippen molar-refractivity contribution in [3.05, 3.63) is 59.7 Å². The Morgan fingerprint density at radius 2 is 1.53 bits per heavy atom. The number of aliphatic carboxylic acids is 2. The number of nitriles is 2. The highest BCUT2D eigenvalue weighted by atomic mass is 32.2. The number of hydrogen-bond acceptors (Lipinski definition) is 8. The minimum atomic E-state index is -5.08. The van der Waals surface area contributed by atoms with Crippen LogP contribution in [0.5, 0.6) is 0 Å². The Labute approximate surface area is 269 Å². The van der Waals surface area contributed by atoms with Crippen LogP contribution in [0.4, 0.5) is 26.3 Å². The molecule has 2 fully saturated rings. The lowest BCUT2D eigenvalue weighted by Crippen LogP contribution is -2.34. The zero-order valence-corrected chi connectivity index (χ0v) is 25.4. The molecule has 47 heavy (non-hydrogen) atoms. The Kier molecular flexibility index (Phi) is 13.0. The maximum absolute atomic E-state index is 10.6. The van der Waals surface area contributed by atoms with Crippen molar-refractivity contribution in [3.8, 4) is 23.3 Å². The van der Waals surface area contributed by atoms with Crippen LogP contribution in [0.3, 0.4) is 0 Å². The molecule has 2 aromatic carbocycles. The van der Waals surface area contributed by atoms with E-state index in [1.165, 1.54) is 5.56 Å². The number of likely N-dealkylation sites (tertiary alicyclic amines) is 1. The monoisotopic (exact) mass is 688 g/mol. The van der Waals surface area contributed by atoms with Crippen molar-refractivity contribution in [1.29, 1.82) is 10.5 Å². The van der Waals surface area contributed by atoms with E-state index in [1.807, 2.05) is 57.9 Å². The molecule has 0 radical (unpaired) electrons. The van der Waals surface area contributed by atoms with Gasteiger partial charge in [0.15, 0.2) is 0 Å². The van der Waals surface area contributed by atoms with Crippen molar-refractivity contribution in [1.82, 2.24) is 19.5 Å². The molecule has 1 atom stereocenters. The molecule has 0 bridgehead atoms. The lowest BCUT2D eigenvalue weighted by atomic mass is 9.97. The summed E-state index contributed by atoms with van der Waals surface area (Å²) in [5.74, 6) is -3.67. The lowest BCUT2D eigenvalue weighted by molar-refractivity contribution is -0.193. The van der Waals surface area contributed by atoms with Gasteiger partial charge in [-0.15, -0.1) is 11.8 Å². The molecular weight excluding hydrogens is 658 g/mol. The number of carboxylic acid groups (broad SMARTS) is 2. The number of hydrogen-bond donors (Lipinski definition) is 2. The lowest BCUT2D eigenvalue weighted by Gasteiger charge is -2.29. The van der Waals surface area contributed by atoms with E-state index in [9.17, 15) is 36.9 Å². The normalized spacial score (nSPS) is 17.5. The summed E-state index contributed by atoms with van der Waals surface area (Å²) in [6.45, 7) is 4.56. The number of thioether (sulfide) groups is 1. The third-order valence-corrected chi connectivity index (χ3v) is 8.19. The summed E-state index contributed by atoms with van der Waals surface area (Å²) in [5.41, 5.74) is 3.99. The van der Waals surface area contributed by atoms with Crippen LogP contribution in [-0.4, -0.2) is 91.3 Å². The molecule has 2 aliphatic heterocycles. The standard InChI is InChI=1S/C25H28N6OS.2C2HF3O2/c26-15-22-14-20(6-7-25(22)21-4-2-1-3-5-21)17-28-10-8-23(9-11-28)31-30(32-31)13-12-29-19-33-18-24(29)16-27;2*3-2(4,5)1(6)7/h1-7,14,23-24H,8-13,17-19H2;2*(H,6,7). The van der Waals surface area contributed by atoms with E-state index in [0.717, 1.165) is 73.9 Å². The van der Waals surface area contributed by atoms with Crippen molar-refractivity contribution in [2.24, 2.45) is 0 Å². The third kappa shape index (κ3) is 11.4. The number of rotatable bonds is 7. The van der Waals surface area contributed by atoms with Crippen molar-refractivity contribution in [3.63, 3.8) is 0 Å². The van der Waals surface area contributed by atoms with E-state index in [2.05, 4.69) is 34.1 Å². The molecule has 5 rings (SSSR count). The highest BCUT2D eigenvalue weighted by Crippen LogP contribution is 2.28. The summed E-state index contributed by atoms with van der Waals surface area (Å²) in [6, 6.07) is 21.6. The molecule has 3 heterocycles. The summed E-state index contributed by atoms with van der Waals surface area (Å²) in [5, 5.41) is 33.1. The first-order valence-electron chi connectivity index (χ1n) is 14.0. The van der Waals surface area contributed by atoms with Gasteiger partial charge in [-0.05, 0) is 35.6 Å². The molecule has 1 unspecified atom stereocenters. The first-order valence-corrected chi connectivity index (χ1v) is 15.2. The highest BCUT2D eigenvalue weighted by Gasteiger charge is 2.39. The van der Waals surface area contributed by atoms with Crippen LogP contribution in [-0.2, 0) is 22.7 Å². The summed E-state index contributed by atoms with van der Waals surface area (Å²) in [6.07, 6.45) is -8.05. The number of piperidine rings is 1. The Bertz CT molecular complexity index is 1520. The van der Waals surface area contributed by atoms with Crippen molar-refractivity contribution in [2.75, 3.05) is 31.3 Å². The van der Waals surface area contributed by atoms with Gasteiger partial charge < -0.3 is 10.2 Å². The van der Waals surface area contributed by atoms with Gasteiger partial charge in [-0.25, -0.2) is 9.59 Å². The molecule has 3 aromatic rings. The van der Waals surface area contributed by atoms with Crippen LogP contribution in [0, 0.1) is 22.7 Å². The minimum Gasteiger partial charge on any atom is -0.475 e. The number of alkyl halides is 6. The zero-order valence-electron chi connectivity index (χ0n) is 24.6. The van der Waals surface area contributed by atoms with Crippen LogP contribution in [0.1, 0.15) is 30.0 Å². The third-order valence-electron chi connectivity index (χ3n) is 7.12. The number of benzene rings is 2. The second-order valence-electron chi connectivity index (χ2n) is 10.4. The number of carbonyl (C=O) groups is 2. The van der Waals surface area contributed by atoms with Crippen LogP contribution in [0.25, 0.3) is 11.1 Å². The summed E-state index contributed by atoms with van der Waals surface area (Å²) in [7, 11) is 0. The first kappa shape index (κ1) is 37.1. The fraction of sp³-hybridized carbons (Fsp3) is 0.448. The highest BCUT2D eigenvalue weighted by molar-refractivity contribution is 7.99. The Morgan fingerprint density at radius 1 is 0.936 bits per heavy atom. The van der Waals surface area contributed by atoms with E-state index in [4.69, 9.17) is 24.4 Å². The molecule has 18 heteroatoms. The number of carboxylic acids is 2. The van der Waals surface area contributed by atoms with Crippen LogP contribution in [0.2, 0.25) is 0 Å². The van der Waals surface area contributed by atoms with E-state index >= 15 is 0 Å². The summed E-state index contributed by atoms with van der Waals surface area (Å²) < 4.78 is 69.2. The van der Waals surface area contributed by atoms with Crippen LogP contribution < -0.4 is 0 Å². The predicted molar refractivity (Wildman–Crippen MR) is 156 cm³/mol. The molecular formula is C29H30F6N6O5S. The van der Waals surface area contributed by atoms with Crippen LogP contribution >= 0.6 is 11.8 Å². The van der Waals surface area contributed by atoms with E-state index in [1.54, 1.807) is 0 Å². The van der Waals surface area contributed by atoms with E-state index in [-0.39, 0.29) is 6.04 Å². The van der Waals surface area contributed by atoms with Crippen molar-refractivity contribution >= 4 is 23.7 Å². The van der Waals surface area contributed by atoms with Gasteiger partial charge >= 0.3 is 24.3 Å². The van der Waals surface area contributed by atoms with Gasteiger partial charge in [0.2, 0.25) is 0 Å². The van der Waals surface area contributed by atoms with Crippen LogP contribution in [0.15, 0.2) is 53.2 Å². The summed E-state index contributed by atoms with van der Waals surface area (Å²) in [4.78, 5) is 26.4. The molecule has 254 valence electrons. The largest absolute Gasteiger partial charge is 0.490 e. The fourth-order valence-electron chi connectivity index (χ4n) is 4.71. The quantitative estimate of drug-likeness (QED) is 0.308. The average molecular weight is 689 g/mol. The molecule has 2 saturated heterocycles. The maximum Gasteiger partial charge on any atom is 0.490 e. The van der Waals surface area contributed by atoms with Gasteiger partial charge in [-0.2, -0.15) is 36.9 Å². The van der Waals surface area contributed by atoms with E-state index < -0.39 is 24.3 Å². The molecule has 0 amide bonds. The Morgan fingerprint density at radius 3 is 2.06 bits per heavy atom. The van der Waals surface area contributed by atoms with Gasteiger partial charge in [-0.3, -0.25) is 14.4 Å². The van der Waals surface area contributed by atoms with E-state index in [0.29, 0.717) is 6.04 Å². The molecule has 11 nitrogen and oxygen atoms in total.